The molecule has 1 rings (SSSR count). The van der Waals surface area contributed by atoms with Gasteiger partial charge in [0.05, 0.1) is 20.8 Å². The number of aromatic nitrogens is 2. The maximum atomic E-state index is 12.1. The van der Waals surface area contributed by atoms with Crippen molar-refractivity contribution in [2.75, 3.05) is 20.8 Å². The smallest absolute Gasteiger partial charge is 0.406 e. The first-order valence-corrected chi connectivity index (χ1v) is 6.30. The van der Waals surface area contributed by atoms with Crippen molar-refractivity contribution >= 4 is 12.1 Å². The molecule has 0 saturated heterocycles. The number of hydrogen-bond donors (Lipinski definition) is 1. The Balaban J connectivity index is 3.13. The third-order valence-corrected chi connectivity index (χ3v) is 3.10. The number of amides is 1. The molecule has 0 radical (unpaired) electrons. The Morgan fingerprint density at radius 3 is 2.55 bits per heavy atom. The lowest BCUT2D eigenvalue weighted by atomic mass is 10.0. The van der Waals surface area contributed by atoms with Crippen molar-refractivity contribution in [2.45, 2.75) is 32.2 Å². The number of ether oxygens (including phenoxy) is 2. The molecule has 7 nitrogen and oxygen atoms in total. The molecule has 0 aliphatic heterocycles. The molecule has 112 valence electrons. The van der Waals surface area contributed by atoms with Gasteiger partial charge in [-0.15, -0.1) is 0 Å². The van der Waals surface area contributed by atoms with Crippen molar-refractivity contribution in [2.24, 2.45) is 0 Å². The van der Waals surface area contributed by atoms with E-state index in [1.54, 1.807) is 23.9 Å². The standard InChI is InChI=1S/C13H21N3O4/c1-9(2)10-14-6-7-16(10)13(3,11(17)19-4)8-15-12(18)20-5/h6-7,9H,8H2,1-5H3,(H,15,18)/t13-/m0/s1. The van der Waals surface area contributed by atoms with Gasteiger partial charge in [-0.05, 0) is 6.92 Å². The number of carbonyl (C=O) groups is 2. The number of esters is 1. The van der Waals surface area contributed by atoms with Gasteiger partial charge in [-0.3, -0.25) is 0 Å². The average molecular weight is 283 g/mol. The highest BCUT2D eigenvalue weighted by Crippen LogP contribution is 2.23. The molecule has 0 aromatic carbocycles. The molecule has 0 aliphatic carbocycles. The highest BCUT2D eigenvalue weighted by Gasteiger charge is 2.38. The zero-order chi connectivity index (χ0) is 15.3. The Hall–Kier alpha value is -2.05. The van der Waals surface area contributed by atoms with E-state index in [-0.39, 0.29) is 12.5 Å². The van der Waals surface area contributed by atoms with Crippen molar-refractivity contribution in [3.05, 3.63) is 18.2 Å². The first kappa shape index (κ1) is 16.0. The quantitative estimate of drug-likeness (QED) is 0.822. The summed E-state index contributed by atoms with van der Waals surface area (Å²) in [6, 6.07) is 0. The molecule has 1 amide bonds. The van der Waals surface area contributed by atoms with Crippen LogP contribution in [0.15, 0.2) is 12.4 Å². The van der Waals surface area contributed by atoms with Crippen LogP contribution in [0.5, 0.6) is 0 Å². The highest BCUT2D eigenvalue weighted by atomic mass is 16.5. The van der Waals surface area contributed by atoms with Crippen LogP contribution in [0, 0.1) is 0 Å². The van der Waals surface area contributed by atoms with Crippen molar-refractivity contribution in [3.63, 3.8) is 0 Å². The van der Waals surface area contributed by atoms with E-state index in [2.05, 4.69) is 15.0 Å². The Kier molecular flexibility index (Phi) is 5.12. The van der Waals surface area contributed by atoms with Gasteiger partial charge >= 0.3 is 12.1 Å². The van der Waals surface area contributed by atoms with Gasteiger partial charge in [0.2, 0.25) is 0 Å². The van der Waals surface area contributed by atoms with Crippen molar-refractivity contribution in [1.29, 1.82) is 0 Å². The molecule has 1 aromatic rings. The van der Waals surface area contributed by atoms with E-state index in [1.165, 1.54) is 14.2 Å². The highest BCUT2D eigenvalue weighted by molar-refractivity contribution is 5.79. The largest absolute Gasteiger partial charge is 0.467 e. The first-order chi connectivity index (χ1) is 9.36. The summed E-state index contributed by atoms with van der Waals surface area (Å²) in [5.74, 6) is 0.408. The fourth-order valence-corrected chi connectivity index (χ4v) is 1.95. The minimum Gasteiger partial charge on any atom is -0.467 e. The van der Waals surface area contributed by atoms with Crippen LogP contribution in [0.4, 0.5) is 4.79 Å². The predicted molar refractivity (Wildman–Crippen MR) is 72.4 cm³/mol. The summed E-state index contributed by atoms with van der Waals surface area (Å²) in [6.45, 7) is 5.68. The Labute approximate surface area is 118 Å². The Bertz CT molecular complexity index is 484. The molecule has 1 N–H and O–H groups in total. The number of carbonyl (C=O) groups excluding carboxylic acids is 2. The molecule has 7 heteroatoms. The lowest BCUT2D eigenvalue weighted by Crippen LogP contribution is -2.49. The van der Waals surface area contributed by atoms with Crippen LogP contribution in [0.2, 0.25) is 0 Å². The van der Waals surface area contributed by atoms with E-state index in [4.69, 9.17) is 4.74 Å². The molecule has 1 heterocycles. The minimum absolute atomic E-state index is 0.0441. The number of hydrogen-bond acceptors (Lipinski definition) is 5. The molecule has 0 saturated carbocycles. The lowest BCUT2D eigenvalue weighted by molar-refractivity contribution is -0.150. The summed E-state index contributed by atoms with van der Waals surface area (Å²) in [4.78, 5) is 27.6. The number of rotatable bonds is 5. The molecule has 0 aliphatic rings. The maximum absolute atomic E-state index is 12.1. The summed E-state index contributed by atoms with van der Waals surface area (Å²) in [7, 11) is 2.58. The number of methoxy groups -OCH3 is 2. The molecule has 0 spiro atoms. The second kappa shape index (κ2) is 6.40. The van der Waals surface area contributed by atoms with Gasteiger partial charge in [0.1, 0.15) is 5.82 Å². The van der Waals surface area contributed by atoms with Crippen LogP contribution in [0.1, 0.15) is 32.5 Å². The topological polar surface area (TPSA) is 82.5 Å². The second-order valence-electron chi connectivity index (χ2n) is 4.92. The van der Waals surface area contributed by atoms with Crippen molar-refractivity contribution in [3.8, 4) is 0 Å². The van der Waals surface area contributed by atoms with Gasteiger partial charge in [0.15, 0.2) is 5.54 Å². The van der Waals surface area contributed by atoms with Crippen molar-refractivity contribution in [1.82, 2.24) is 14.9 Å². The molecule has 0 bridgehead atoms. The molecule has 20 heavy (non-hydrogen) atoms. The van der Waals surface area contributed by atoms with E-state index < -0.39 is 17.6 Å². The van der Waals surface area contributed by atoms with Crippen LogP contribution < -0.4 is 5.32 Å². The van der Waals surface area contributed by atoms with E-state index in [0.29, 0.717) is 0 Å². The Morgan fingerprint density at radius 1 is 1.40 bits per heavy atom. The maximum Gasteiger partial charge on any atom is 0.406 e. The van der Waals surface area contributed by atoms with Gasteiger partial charge < -0.3 is 19.4 Å². The monoisotopic (exact) mass is 283 g/mol. The summed E-state index contributed by atoms with van der Waals surface area (Å²) in [6.07, 6.45) is 2.71. The van der Waals surface area contributed by atoms with E-state index >= 15 is 0 Å². The summed E-state index contributed by atoms with van der Waals surface area (Å²) >= 11 is 0. The summed E-state index contributed by atoms with van der Waals surface area (Å²) in [5.41, 5.74) is -1.08. The third-order valence-electron chi connectivity index (χ3n) is 3.10. The van der Waals surface area contributed by atoms with Gasteiger partial charge in [-0.25, -0.2) is 14.6 Å². The van der Waals surface area contributed by atoms with Gasteiger partial charge in [0, 0.05) is 18.3 Å². The fourth-order valence-electron chi connectivity index (χ4n) is 1.95. The van der Waals surface area contributed by atoms with Gasteiger partial charge in [-0.1, -0.05) is 13.8 Å². The van der Waals surface area contributed by atoms with Gasteiger partial charge in [-0.2, -0.15) is 0 Å². The zero-order valence-corrected chi connectivity index (χ0v) is 12.5. The van der Waals surface area contributed by atoms with E-state index in [1.807, 2.05) is 13.8 Å². The predicted octanol–water partition coefficient (Wildman–Crippen LogP) is 1.25. The van der Waals surface area contributed by atoms with E-state index in [9.17, 15) is 9.59 Å². The number of nitrogens with one attached hydrogen (secondary N) is 1. The average Bonchev–Trinajstić information content (AvgIpc) is 2.93. The second-order valence-corrected chi connectivity index (χ2v) is 4.92. The van der Waals surface area contributed by atoms with Crippen LogP contribution in [-0.4, -0.2) is 42.4 Å². The number of alkyl carbamates (subject to hydrolysis) is 1. The summed E-state index contributed by atoms with van der Waals surface area (Å²) in [5, 5.41) is 2.53. The fraction of sp³-hybridized carbons (Fsp3) is 0.615. The van der Waals surface area contributed by atoms with Crippen LogP contribution in [0.3, 0.4) is 0 Å². The molecule has 0 unspecified atom stereocenters. The van der Waals surface area contributed by atoms with Crippen LogP contribution in [-0.2, 0) is 19.8 Å². The number of imidazole rings is 1. The molecular weight excluding hydrogens is 262 g/mol. The third kappa shape index (κ3) is 3.09. The molecule has 1 atom stereocenters. The molecule has 1 aromatic heterocycles. The lowest BCUT2D eigenvalue weighted by Gasteiger charge is -2.30. The molecular formula is C13H21N3O4. The SMILES string of the molecule is COC(=O)NC[C@@](C)(C(=O)OC)n1ccnc1C(C)C. The van der Waals surface area contributed by atoms with Crippen LogP contribution >= 0.6 is 0 Å². The normalized spacial score (nSPS) is 13.7. The number of nitrogens with zero attached hydrogens (tertiary/aromatic N) is 2. The molecule has 0 fully saturated rings. The Morgan fingerprint density at radius 2 is 2.05 bits per heavy atom. The first-order valence-electron chi connectivity index (χ1n) is 6.30. The van der Waals surface area contributed by atoms with Crippen LogP contribution in [0.25, 0.3) is 0 Å². The van der Waals surface area contributed by atoms with E-state index in [0.717, 1.165) is 5.82 Å². The minimum atomic E-state index is -1.08. The zero-order valence-electron chi connectivity index (χ0n) is 12.5. The van der Waals surface area contributed by atoms with Crippen molar-refractivity contribution < 1.29 is 19.1 Å². The summed E-state index contributed by atoms with van der Waals surface area (Å²) < 4.78 is 11.1. The van der Waals surface area contributed by atoms with Gasteiger partial charge in [0.25, 0.3) is 0 Å².